The number of hydrogen-bond donors (Lipinski definition) is 0. The van der Waals surface area contributed by atoms with Gasteiger partial charge in [0, 0.05) is 24.2 Å². The average molecular weight is 545 g/mol. The van der Waals surface area contributed by atoms with Crippen molar-refractivity contribution in [2.45, 2.75) is 38.4 Å². The number of likely N-dealkylation sites (tertiary alicyclic amines) is 1. The summed E-state index contributed by atoms with van der Waals surface area (Å²) < 4.78 is 17.1. The second-order valence-corrected chi connectivity index (χ2v) is 10.0. The maximum absolute atomic E-state index is 14.1. The second kappa shape index (κ2) is 11.4. The molecule has 5 rings (SSSR count). The van der Waals surface area contributed by atoms with Crippen molar-refractivity contribution in [3.8, 4) is 0 Å². The fourth-order valence-corrected chi connectivity index (χ4v) is 6.26. The molecule has 0 radical (unpaired) electrons. The van der Waals surface area contributed by atoms with E-state index in [2.05, 4.69) is 0 Å². The highest BCUT2D eigenvalue weighted by Crippen LogP contribution is 2.48. The van der Waals surface area contributed by atoms with E-state index in [0.717, 1.165) is 11.1 Å². The first-order chi connectivity index (χ1) is 19.4. The SMILES string of the molecule is CCOC(=O)[C@H]1[C@@H]2[C@@H](Cc3cc(C(=O)OC)c(C(=O)OC)n31)C(=O)N(Cc1ccccc1)[C@H]2Cc1ccccc1. The van der Waals surface area contributed by atoms with Crippen LogP contribution >= 0.6 is 0 Å². The highest BCUT2D eigenvalue weighted by Gasteiger charge is 2.57. The van der Waals surface area contributed by atoms with E-state index in [0.29, 0.717) is 18.7 Å². The van der Waals surface area contributed by atoms with Crippen LogP contribution in [0.15, 0.2) is 66.7 Å². The molecule has 4 atom stereocenters. The van der Waals surface area contributed by atoms with Gasteiger partial charge in [-0.3, -0.25) is 4.79 Å². The quantitative estimate of drug-likeness (QED) is 0.315. The van der Waals surface area contributed by atoms with Gasteiger partial charge in [0.1, 0.15) is 11.7 Å². The van der Waals surface area contributed by atoms with Crippen LogP contribution in [0.5, 0.6) is 0 Å². The van der Waals surface area contributed by atoms with E-state index in [4.69, 9.17) is 14.2 Å². The van der Waals surface area contributed by atoms with Crippen LogP contribution in [-0.2, 0) is 43.2 Å². The Bertz CT molecular complexity index is 1420. The number of esters is 3. The van der Waals surface area contributed by atoms with Gasteiger partial charge in [-0.25, -0.2) is 14.4 Å². The smallest absolute Gasteiger partial charge is 0.355 e. The molecule has 2 aliphatic heterocycles. The van der Waals surface area contributed by atoms with Crippen molar-refractivity contribution >= 4 is 23.8 Å². The summed E-state index contributed by atoms with van der Waals surface area (Å²) in [5.41, 5.74) is 2.42. The van der Waals surface area contributed by atoms with Crippen molar-refractivity contribution in [1.29, 1.82) is 0 Å². The molecule has 9 nitrogen and oxygen atoms in total. The van der Waals surface area contributed by atoms with Crippen molar-refractivity contribution in [3.63, 3.8) is 0 Å². The summed E-state index contributed by atoms with van der Waals surface area (Å²) in [7, 11) is 2.44. The molecule has 208 valence electrons. The van der Waals surface area contributed by atoms with Gasteiger partial charge >= 0.3 is 17.9 Å². The van der Waals surface area contributed by atoms with E-state index in [1.165, 1.54) is 20.3 Å². The summed E-state index contributed by atoms with van der Waals surface area (Å²) in [5, 5.41) is 0. The first-order valence-corrected chi connectivity index (χ1v) is 13.3. The predicted octanol–water partition coefficient (Wildman–Crippen LogP) is 3.61. The van der Waals surface area contributed by atoms with Crippen LogP contribution in [0.2, 0.25) is 0 Å². The minimum absolute atomic E-state index is 0.00757. The first kappa shape index (κ1) is 27.2. The van der Waals surface area contributed by atoms with E-state index >= 15 is 0 Å². The van der Waals surface area contributed by atoms with Crippen molar-refractivity contribution in [1.82, 2.24) is 9.47 Å². The topological polar surface area (TPSA) is 104 Å². The number of methoxy groups -OCH3 is 2. The Morgan fingerprint density at radius 3 is 2.12 bits per heavy atom. The van der Waals surface area contributed by atoms with E-state index in [-0.39, 0.29) is 36.2 Å². The minimum Gasteiger partial charge on any atom is -0.465 e. The molecule has 0 saturated carbocycles. The van der Waals surface area contributed by atoms with Crippen LogP contribution in [-0.4, -0.2) is 60.2 Å². The lowest BCUT2D eigenvalue weighted by Gasteiger charge is -2.37. The Morgan fingerprint density at radius 2 is 1.52 bits per heavy atom. The molecular weight excluding hydrogens is 512 g/mol. The Kier molecular flexibility index (Phi) is 7.73. The van der Waals surface area contributed by atoms with Crippen molar-refractivity contribution in [2.24, 2.45) is 11.8 Å². The zero-order chi connectivity index (χ0) is 28.4. The zero-order valence-corrected chi connectivity index (χ0v) is 22.7. The molecule has 2 aromatic carbocycles. The number of aromatic nitrogens is 1. The Hall–Kier alpha value is -4.40. The fraction of sp³-hybridized carbons (Fsp3) is 0.355. The summed E-state index contributed by atoms with van der Waals surface area (Å²) in [6, 6.07) is 19.7. The Morgan fingerprint density at radius 1 is 0.900 bits per heavy atom. The molecule has 0 N–H and O–H groups in total. The van der Waals surface area contributed by atoms with Crippen LogP contribution in [0.3, 0.4) is 0 Å². The standard InChI is InChI=1S/C31H32N2O7/c1-4-40-31(37)27-25-22(16-21-17-23(29(35)38-2)26(33(21)27)30(36)39-3)28(34)32(18-20-13-9-6-10-14-20)24(25)15-19-11-7-5-8-12-19/h5-14,17,22,24-25,27H,4,15-16,18H2,1-3H3/t22-,24+,25-,27-/m1/s1. The first-order valence-electron chi connectivity index (χ1n) is 13.3. The highest BCUT2D eigenvalue weighted by atomic mass is 16.5. The summed E-state index contributed by atoms with van der Waals surface area (Å²) in [4.78, 5) is 55.5. The molecule has 9 heteroatoms. The number of hydrogen-bond acceptors (Lipinski definition) is 7. The number of carbonyl (C=O) groups is 4. The van der Waals surface area contributed by atoms with Gasteiger partial charge in [-0.15, -0.1) is 0 Å². The van der Waals surface area contributed by atoms with Gasteiger partial charge < -0.3 is 23.7 Å². The lowest BCUT2D eigenvalue weighted by atomic mass is 9.76. The third kappa shape index (κ3) is 4.76. The molecule has 1 amide bonds. The number of carbonyl (C=O) groups excluding carboxylic acids is 4. The van der Waals surface area contributed by atoms with Crippen LogP contribution in [0.25, 0.3) is 0 Å². The number of nitrogens with zero attached hydrogens (tertiary/aromatic N) is 2. The molecule has 2 aliphatic rings. The average Bonchev–Trinajstić information content (AvgIpc) is 3.48. The molecule has 0 unspecified atom stereocenters. The minimum atomic E-state index is -1.03. The molecule has 1 fully saturated rings. The maximum Gasteiger partial charge on any atom is 0.355 e. The molecule has 0 bridgehead atoms. The normalized spacial score (nSPS) is 21.4. The lowest BCUT2D eigenvalue weighted by Crippen LogP contribution is -2.45. The third-order valence-electron chi connectivity index (χ3n) is 7.89. The summed E-state index contributed by atoms with van der Waals surface area (Å²) >= 11 is 0. The van der Waals surface area contributed by atoms with Crippen LogP contribution in [0.4, 0.5) is 0 Å². The number of amides is 1. The van der Waals surface area contributed by atoms with Gasteiger partial charge in [-0.2, -0.15) is 0 Å². The van der Waals surface area contributed by atoms with Gasteiger partial charge in [0.25, 0.3) is 0 Å². The van der Waals surface area contributed by atoms with Gasteiger partial charge in [0.05, 0.1) is 32.3 Å². The molecule has 3 heterocycles. The van der Waals surface area contributed by atoms with Crippen molar-refractivity contribution < 1.29 is 33.4 Å². The summed E-state index contributed by atoms with van der Waals surface area (Å²) in [5.74, 6) is -3.22. The third-order valence-corrected chi connectivity index (χ3v) is 7.89. The van der Waals surface area contributed by atoms with E-state index in [1.807, 2.05) is 65.6 Å². The number of benzene rings is 2. The number of fused-ring (bicyclic) bond motifs is 2. The lowest BCUT2D eigenvalue weighted by molar-refractivity contribution is -0.150. The van der Waals surface area contributed by atoms with Gasteiger partial charge in [0.2, 0.25) is 5.91 Å². The Labute approximate surface area is 232 Å². The van der Waals surface area contributed by atoms with Gasteiger partial charge in [-0.05, 0) is 37.0 Å². The molecule has 1 saturated heterocycles. The van der Waals surface area contributed by atoms with E-state index in [9.17, 15) is 19.2 Å². The molecule has 0 aliphatic carbocycles. The fourth-order valence-electron chi connectivity index (χ4n) is 6.26. The van der Waals surface area contributed by atoms with Crippen molar-refractivity contribution in [3.05, 3.63) is 94.8 Å². The largest absolute Gasteiger partial charge is 0.465 e. The van der Waals surface area contributed by atoms with Gasteiger partial charge in [-0.1, -0.05) is 60.7 Å². The molecule has 0 spiro atoms. The van der Waals surface area contributed by atoms with Crippen molar-refractivity contribution in [2.75, 3.05) is 20.8 Å². The molecule has 1 aromatic heterocycles. The van der Waals surface area contributed by atoms with Gasteiger partial charge in [0.15, 0.2) is 0 Å². The predicted molar refractivity (Wildman–Crippen MR) is 144 cm³/mol. The molecular formula is C31H32N2O7. The number of ether oxygens (including phenoxy) is 3. The Balaban J connectivity index is 1.68. The monoisotopic (exact) mass is 544 g/mol. The van der Waals surface area contributed by atoms with Crippen LogP contribution < -0.4 is 0 Å². The number of rotatable bonds is 8. The highest BCUT2D eigenvalue weighted by molar-refractivity contribution is 6.03. The molecule has 40 heavy (non-hydrogen) atoms. The zero-order valence-electron chi connectivity index (χ0n) is 22.7. The summed E-state index contributed by atoms with van der Waals surface area (Å²) in [6.07, 6.45) is 0.751. The maximum atomic E-state index is 14.1. The second-order valence-electron chi connectivity index (χ2n) is 10.0. The molecule has 3 aromatic rings. The van der Waals surface area contributed by atoms with Crippen LogP contribution in [0, 0.1) is 11.8 Å². The summed E-state index contributed by atoms with van der Waals surface area (Å²) in [6.45, 7) is 2.20. The van der Waals surface area contributed by atoms with E-state index in [1.54, 1.807) is 11.5 Å². The van der Waals surface area contributed by atoms with E-state index < -0.39 is 35.8 Å². The van der Waals surface area contributed by atoms with Crippen LogP contribution in [0.1, 0.15) is 50.6 Å².